The summed E-state index contributed by atoms with van der Waals surface area (Å²) in [6.07, 6.45) is 0. The van der Waals surface area contributed by atoms with Crippen LogP contribution in [0, 0.1) is 13.8 Å². The first-order valence-corrected chi connectivity index (χ1v) is 10.1. The number of nitrogens with zero attached hydrogens (tertiary/aromatic N) is 3. The van der Waals surface area contributed by atoms with Gasteiger partial charge in [-0.2, -0.15) is 0 Å². The van der Waals surface area contributed by atoms with Gasteiger partial charge >= 0.3 is 0 Å². The van der Waals surface area contributed by atoms with Gasteiger partial charge in [0, 0.05) is 38.3 Å². The van der Waals surface area contributed by atoms with Gasteiger partial charge < -0.3 is 10.2 Å². The number of benzene rings is 1. The Kier molecular flexibility index (Phi) is 7.61. The van der Waals surface area contributed by atoms with Crippen molar-refractivity contribution in [2.45, 2.75) is 46.7 Å². The first-order chi connectivity index (χ1) is 13.0. The van der Waals surface area contributed by atoms with Crippen molar-refractivity contribution in [1.29, 1.82) is 0 Å². The molecule has 6 nitrogen and oxygen atoms in total. The SMILES string of the molecule is Cc1ccc(CN(C)CC(=O)N2CCN(CC(=O)NC(C)(C)C)CC2)c(C)c1. The van der Waals surface area contributed by atoms with E-state index in [-0.39, 0.29) is 17.4 Å². The molecule has 0 unspecified atom stereocenters. The molecule has 156 valence electrons. The number of aryl methyl sites for hydroxylation is 2. The second kappa shape index (κ2) is 9.52. The van der Waals surface area contributed by atoms with Crippen LogP contribution in [0.3, 0.4) is 0 Å². The fourth-order valence-electron chi connectivity index (χ4n) is 3.52. The molecule has 1 N–H and O–H groups in total. The van der Waals surface area contributed by atoms with Crippen LogP contribution in [0.1, 0.15) is 37.5 Å². The lowest BCUT2D eigenvalue weighted by molar-refractivity contribution is -0.134. The van der Waals surface area contributed by atoms with Gasteiger partial charge in [0.25, 0.3) is 0 Å². The van der Waals surface area contributed by atoms with Gasteiger partial charge in [-0.05, 0) is 52.8 Å². The van der Waals surface area contributed by atoms with Gasteiger partial charge in [0.05, 0.1) is 13.1 Å². The van der Waals surface area contributed by atoms with Gasteiger partial charge in [-0.15, -0.1) is 0 Å². The maximum atomic E-state index is 12.6. The van der Waals surface area contributed by atoms with E-state index < -0.39 is 0 Å². The van der Waals surface area contributed by atoms with Crippen molar-refractivity contribution in [3.63, 3.8) is 0 Å². The number of carbonyl (C=O) groups excluding carboxylic acids is 2. The fourth-order valence-corrected chi connectivity index (χ4v) is 3.52. The first kappa shape index (κ1) is 22.4. The largest absolute Gasteiger partial charge is 0.350 e. The molecule has 1 saturated heterocycles. The smallest absolute Gasteiger partial charge is 0.236 e. The number of likely N-dealkylation sites (N-methyl/N-ethyl adjacent to an activating group) is 1. The summed E-state index contributed by atoms with van der Waals surface area (Å²) in [4.78, 5) is 30.8. The first-order valence-electron chi connectivity index (χ1n) is 10.1. The molecule has 6 heteroatoms. The van der Waals surface area contributed by atoms with E-state index in [0.717, 1.165) is 19.6 Å². The molecule has 1 heterocycles. The van der Waals surface area contributed by atoms with E-state index in [9.17, 15) is 9.59 Å². The topological polar surface area (TPSA) is 55.9 Å². The van der Waals surface area contributed by atoms with Crippen LogP contribution in [0.25, 0.3) is 0 Å². The summed E-state index contributed by atoms with van der Waals surface area (Å²) in [5.74, 6) is 0.200. The number of hydrogen-bond donors (Lipinski definition) is 1. The Labute approximate surface area is 169 Å². The molecule has 0 aromatic heterocycles. The maximum Gasteiger partial charge on any atom is 0.236 e. The van der Waals surface area contributed by atoms with E-state index in [2.05, 4.69) is 47.2 Å². The van der Waals surface area contributed by atoms with Crippen LogP contribution in [-0.2, 0) is 16.1 Å². The Morgan fingerprint density at radius 2 is 1.75 bits per heavy atom. The highest BCUT2D eigenvalue weighted by Crippen LogP contribution is 2.13. The van der Waals surface area contributed by atoms with Crippen LogP contribution in [-0.4, -0.2) is 78.4 Å². The minimum atomic E-state index is -0.213. The predicted octanol–water partition coefficient (Wildman–Crippen LogP) is 1.79. The van der Waals surface area contributed by atoms with Gasteiger partial charge in [-0.3, -0.25) is 19.4 Å². The summed E-state index contributed by atoms with van der Waals surface area (Å²) < 4.78 is 0. The van der Waals surface area contributed by atoms with E-state index in [0.29, 0.717) is 26.2 Å². The Morgan fingerprint density at radius 1 is 1.11 bits per heavy atom. The highest BCUT2D eigenvalue weighted by atomic mass is 16.2. The van der Waals surface area contributed by atoms with Crippen LogP contribution in [0.2, 0.25) is 0 Å². The number of nitrogens with one attached hydrogen (secondary N) is 1. The molecule has 2 rings (SSSR count). The summed E-state index contributed by atoms with van der Waals surface area (Å²) in [5.41, 5.74) is 3.57. The monoisotopic (exact) mass is 388 g/mol. The van der Waals surface area contributed by atoms with Crippen molar-refractivity contribution in [3.8, 4) is 0 Å². The second-order valence-corrected chi connectivity index (χ2v) is 9.06. The minimum Gasteiger partial charge on any atom is -0.350 e. The Morgan fingerprint density at radius 3 is 2.32 bits per heavy atom. The third-order valence-corrected chi connectivity index (χ3v) is 4.95. The lowest BCUT2D eigenvalue weighted by Gasteiger charge is -2.35. The summed E-state index contributed by atoms with van der Waals surface area (Å²) in [6.45, 7) is 14.6. The normalized spacial score (nSPS) is 15.8. The molecule has 0 bridgehead atoms. The van der Waals surface area contributed by atoms with E-state index >= 15 is 0 Å². The molecule has 0 saturated carbocycles. The zero-order valence-corrected chi connectivity index (χ0v) is 18.3. The van der Waals surface area contributed by atoms with E-state index in [1.165, 1.54) is 16.7 Å². The van der Waals surface area contributed by atoms with Gasteiger partial charge in [0.15, 0.2) is 0 Å². The Balaban J connectivity index is 1.76. The molecule has 1 aliphatic heterocycles. The van der Waals surface area contributed by atoms with Gasteiger partial charge in [-0.25, -0.2) is 0 Å². The Hall–Kier alpha value is -1.92. The summed E-state index contributed by atoms with van der Waals surface area (Å²) in [6, 6.07) is 6.44. The van der Waals surface area contributed by atoms with Crippen LogP contribution in [0.5, 0.6) is 0 Å². The minimum absolute atomic E-state index is 0.0421. The quantitative estimate of drug-likeness (QED) is 0.807. The number of hydrogen-bond acceptors (Lipinski definition) is 4. The number of amides is 2. The molecular formula is C22H36N4O2. The van der Waals surface area contributed by atoms with Crippen molar-refractivity contribution >= 4 is 11.8 Å². The van der Waals surface area contributed by atoms with Crippen LogP contribution < -0.4 is 5.32 Å². The van der Waals surface area contributed by atoms with Crippen molar-refractivity contribution in [3.05, 3.63) is 34.9 Å². The molecule has 1 aliphatic rings. The molecule has 1 fully saturated rings. The molecule has 1 aromatic carbocycles. The average molecular weight is 389 g/mol. The van der Waals surface area contributed by atoms with E-state index in [1.807, 2.05) is 32.7 Å². The average Bonchev–Trinajstić information content (AvgIpc) is 2.56. The van der Waals surface area contributed by atoms with Crippen molar-refractivity contribution < 1.29 is 9.59 Å². The molecule has 0 atom stereocenters. The number of rotatable bonds is 6. The van der Waals surface area contributed by atoms with E-state index in [4.69, 9.17) is 0 Å². The molecule has 0 spiro atoms. The second-order valence-electron chi connectivity index (χ2n) is 9.06. The zero-order valence-electron chi connectivity index (χ0n) is 18.3. The van der Waals surface area contributed by atoms with Crippen LogP contribution in [0.4, 0.5) is 0 Å². The highest BCUT2D eigenvalue weighted by Gasteiger charge is 2.24. The summed E-state index contributed by atoms with van der Waals surface area (Å²) >= 11 is 0. The van der Waals surface area contributed by atoms with Gasteiger partial charge in [0.1, 0.15) is 0 Å². The Bertz CT molecular complexity index is 688. The predicted molar refractivity (Wildman–Crippen MR) is 113 cm³/mol. The van der Waals surface area contributed by atoms with Crippen molar-refractivity contribution in [2.24, 2.45) is 0 Å². The summed E-state index contributed by atoms with van der Waals surface area (Å²) in [5, 5.41) is 2.99. The molecule has 0 radical (unpaired) electrons. The molecule has 28 heavy (non-hydrogen) atoms. The van der Waals surface area contributed by atoms with E-state index in [1.54, 1.807) is 0 Å². The van der Waals surface area contributed by atoms with Gasteiger partial charge in [-0.1, -0.05) is 23.8 Å². The lowest BCUT2D eigenvalue weighted by atomic mass is 10.1. The van der Waals surface area contributed by atoms with Crippen molar-refractivity contribution in [1.82, 2.24) is 20.0 Å². The maximum absolute atomic E-state index is 12.6. The third-order valence-electron chi connectivity index (χ3n) is 4.95. The molecule has 0 aliphatic carbocycles. The number of carbonyl (C=O) groups is 2. The molecule has 1 aromatic rings. The lowest BCUT2D eigenvalue weighted by Crippen LogP contribution is -2.54. The molecule has 2 amide bonds. The summed E-state index contributed by atoms with van der Waals surface area (Å²) in [7, 11) is 1.99. The number of piperazine rings is 1. The standard InChI is InChI=1S/C22H36N4O2/c1-17-7-8-19(18(2)13-17)14-24(6)16-21(28)26-11-9-25(10-12-26)15-20(27)23-22(3,4)5/h7-8,13H,9-12,14-16H2,1-6H3,(H,23,27). The van der Waals surface area contributed by atoms with Crippen LogP contribution in [0.15, 0.2) is 18.2 Å². The fraction of sp³-hybridized carbons (Fsp3) is 0.636. The third kappa shape index (κ3) is 7.24. The van der Waals surface area contributed by atoms with Crippen molar-refractivity contribution in [2.75, 3.05) is 46.3 Å². The zero-order chi connectivity index (χ0) is 20.9. The van der Waals surface area contributed by atoms with Crippen LogP contribution >= 0.6 is 0 Å². The molecular weight excluding hydrogens is 352 g/mol. The highest BCUT2D eigenvalue weighted by molar-refractivity contribution is 5.79. The van der Waals surface area contributed by atoms with Gasteiger partial charge in [0.2, 0.25) is 11.8 Å².